The van der Waals surface area contributed by atoms with E-state index in [9.17, 15) is 14.4 Å². The van der Waals surface area contributed by atoms with E-state index in [2.05, 4.69) is 5.32 Å². The van der Waals surface area contributed by atoms with Crippen LogP contribution >= 0.6 is 0 Å². The topological polar surface area (TPSA) is 86.7 Å². The van der Waals surface area contributed by atoms with Gasteiger partial charge < -0.3 is 15.3 Å². The number of carbonyl (C=O) groups is 3. The number of carbonyl (C=O) groups excluding carboxylic acids is 2. The molecule has 1 aliphatic heterocycles. The summed E-state index contributed by atoms with van der Waals surface area (Å²) in [6, 6.07) is 5.96. The Hall–Kier alpha value is -2.37. The van der Waals surface area contributed by atoms with Gasteiger partial charge in [0, 0.05) is 20.0 Å². The highest BCUT2D eigenvalue weighted by Gasteiger charge is 2.29. The van der Waals surface area contributed by atoms with Crippen LogP contribution in [0.15, 0.2) is 24.3 Å². The second-order valence-corrected chi connectivity index (χ2v) is 5.44. The molecule has 0 bridgehead atoms. The van der Waals surface area contributed by atoms with Gasteiger partial charge in [-0.2, -0.15) is 0 Å². The first-order valence-electron chi connectivity index (χ1n) is 7.36. The summed E-state index contributed by atoms with van der Waals surface area (Å²) >= 11 is 0. The van der Waals surface area contributed by atoms with Crippen LogP contribution in [0.4, 0.5) is 0 Å². The predicted molar refractivity (Wildman–Crippen MR) is 80.3 cm³/mol. The summed E-state index contributed by atoms with van der Waals surface area (Å²) in [5, 5.41) is 11.7. The third kappa shape index (κ3) is 3.84. The molecule has 1 fully saturated rings. The molecule has 0 aliphatic carbocycles. The third-order valence-corrected chi connectivity index (χ3v) is 3.88. The van der Waals surface area contributed by atoms with Gasteiger partial charge in [0.1, 0.15) is 6.04 Å². The second-order valence-electron chi connectivity index (χ2n) is 5.44. The Morgan fingerprint density at radius 1 is 1.23 bits per heavy atom. The minimum atomic E-state index is -0.977. The highest BCUT2D eigenvalue weighted by molar-refractivity contribution is 5.88. The van der Waals surface area contributed by atoms with Gasteiger partial charge in [-0.15, -0.1) is 0 Å². The van der Waals surface area contributed by atoms with Gasteiger partial charge in [-0.1, -0.05) is 12.1 Å². The zero-order valence-electron chi connectivity index (χ0n) is 12.5. The molecule has 1 aliphatic rings. The number of benzene rings is 1. The number of piperidine rings is 1. The SMILES string of the molecule is CC(=O)N1CCCCC1C(=O)NCc1ccc(C(=O)O)cc1. The van der Waals surface area contributed by atoms with E-state index in [0.717, 1.165) is 18.4 Å². The van der Waals surface area contributed by atoms with Crippen LogP contribution in [0.3, 0.4) is 0 Å². The van der Waals surface area contributed by atoms with E-state index in [1.165, 1.54) is 19.1 Å². The van der Waals surface area contributed by atoms with Crippen LogP contribution in [-0.2, 0) is 16.1 Å². The van der Waals surface area contributed by atoms with E-state index in [4.69, 9.17) is 5.11 Å². The van der Waals surface area contributed by atoms with E-state index in [0.29, 0.717) is 19.5 Å². The maximum atomic E-state index is 12.3. The predicted octanol–water partition coefficient (Wildman–Crippen LogP) is 1.40. The molecule has 0 saturated carbocycles. The maximum Gasteiger partial charge on any atom is 0.335 e. The Kier molecular flexibility index (Phi) is 5.14. The van der Waals surface area contributed by atoms with Crippen molar-refractivity contribution in [3.63, 3.8) is 0 Å². The lowest BCUT2D eigenvalue weighted by atomic mass is 10.0. The number of amides is 2. The molecular weight excluding hydrogens is 284 g/mol. The van der Waals surface area contributed by atoms with Crippen LogP contribution in [0, 0.1) is 0 Å². The first-order chi connectivity index (χ1) is 10.5. The molecule has 1 aromatic carbocycles. The number of hydrogen-bond donors (Lipinski definition) is 2. The van der Waals surface area contributed by atoms with Gasteiger partial charge in [-0.3, -0.25) is 9.59 Å². The first-order valence-corrected chi connectivity index (χ1v) is 7.36. The molecule has 1 heterocycles. The maximum absolute atomic E-state index is 12.3. The first kappa shape index (κ1) is 16.0. The van der Waals surface area contributed by atoms with Crippen LogP contribution in [0.25, 0.3) is 0 Å². The molecule has 1 unspecified atom stereocenters. The van der Waals surface area contributed by atoms with Crippen LogP contribution in [0.2, 0.25) is 0 Å². The van der Waals surface area contributed by atoms with Crippen molar-refractivity contribution in [3.8, 4) is 0 Å². The van der Waals surface area contributed by atoms with Crippen LogP contribution in [-0.4, -0.2) is 40.4 Å². The van der Waals surface area contributed by atoms with Gasteiger partial charge in [0.05, 0.1) is 5.56 Å². The molecule has 1 aromatic rings. The number of aromatic carboxylic acids is 1. The van der Waals surface area contributed by atoms with E-state index >= 15 is 0 Å². The van der Waals surface area contributed by atoms with Gasteiger partial charge in [0.15, 0.2) is 0 Å². The normalized spacial score (nSPS) is 17.9. The zero-order chi connectivity index (χ0) is 16.1. The summed E-state index contributed by atoms with van der Waals surface area (Å²) in [5.41, 5.74) is 1.04. The van der Waals surface area contributed by atoms with Crippen LogP contribution in [0.1, 0.15) is 42.1 Å². The Labute approximate surface area is 129 Å². The molecular formula is C16H20N2O4. The molecule has 2 N–H and O–H groups in total. The second kappa shape index (κ2) is 7.06. The number of hydrogen-bond acceptors (Lipinski definition) is 3. The zero-order valence-corrected chi connectivity index (χ0v) is 12.5. The van der Waals surface area contributed by atoms with Gasteiger partial charge >= 0.3 is 5.97 Å². The summed E-state index contributed by atoms with van der Waals surface area (Å²) in [6.07, 6.45) is 2.55. The van der Waals surface area contributed by atoms with Crippen molar-refractivity contribution < 1.29 is 19.5 Å². The van der Waals surface area contributed by atoms with E-state index in [-0.39, 0.29) is 17.4 Å². The molecule has 1 atom stereocenters. The molecule has 2 rings (SSSR count). The van der Waals surface area contributed by atoms with Crippen molar-refractivity contribution in [2.24, 2.45) is 0 Å². The van der Waals surface area contributed by atoms with Gasteiger partial charge in [-0.25, -0.2) is 4.79 Å². The molecule has 0 aromatic heterocycles. The number of carboxylic acids is 1. The minimum Gasteiger partial charge on any atom is -0.478 e. The van der Waals surface area contributed by atoms with Crippen LogP contribution < -0.4 is 5.32 Å². The van der Waals surface area contributed by atoms with Crippen molar-refractivity contribution in [2.75, 3.05) is 6.54 Å². The molecule has 0 spiro atoms. The van der Waals surface area contributed by atoms with Gasteiger partial charge in [-0.05, 0) is 37.0 Å². The fourth-order valence-corrected chi connectivity index (χ4v) is 2.65. The lowest BCUT2D eigenvalue weighted by Crippen LogP contribution is -2.51. The molecule has 6 heteroatoms. The summed E-state index contributed by atoms with van der Waals surface area (Å²) in [5.74, 6) is -1.21. The monoisotopic (exact) mass is 304 g/mol. The third-order valence-electron chi connectivity index (χ3n) is 3.88. The average Bonchev–Trinajstić information content (AvgIpc) is 2.53. The highest BCUT2D eigenvalue weighted by atomic mass is 16.4. The molecule has 22 heavy (non-hydrogen) atoms. The lowest BCUT2D eigenvalue weighted by Gasteiger charge is -2.33. The lowest BCUT2D eigenvalue weighted by molar-refractivity contribution is -0.140. The molecule has 118 valence electrons. The number of nitrogens with zero attached hydrogens (tertiary/aromatic N) is 1. The van der Waals surface area contributed by atoms with E-state index < -0.39 is 12.0 Å². The Morgan fingerprint density at radius 3 is 2.50 bits per heavy atom. The fraction of sp³-hybridized carbons (Fsp3) is 0.438. The summed E-state index contributed by atoms with van der Waals surface area (Å²) in [4.78, 5) is 36.2. The Morgan fingerprint density at radius 2 is 1.91 bits per heavy atom. The average molecular weight is 304 g/mol. The Balaban J connectivity index is 1.93. The molecule has 6 nitrogen and oxygen atoms in total. The smallest absolute Gasteiger partial charge is 0.335 e. The fourth-order valence-electron chi connectivity index (χ4n) is 2.65. The van der Waals surface area contributed by atoms with Crippen LogP contribution in [0.5, 0.6) is 0 Å². The molecule has 1 saturated heterocycles. The number of rotatable bonds is 4. The standard InChI is InChI=1S/C16H20N2O4/c1-11(19)18-9-3-2-4-14(18)15(20)17-10-12-5-7-13(8-6-12)16(21)22/h5-8,14H,2-4,9-10H2,1H3,(H,17,20)(H,21,22). The van der Waals surface area contributed by atoms with Crippen molar-refractivity contribution in [2.45, 2.75) is 38.8 Å². The summed E-state index contributed by atoms with van der Waals surface area (Å²) < 4.78 is 0. The quantitative estimate of drug-likeness (QED) is 0.880. The Bertz CT molecular complexity index is 568. The summed E-state index contributed by atoms with van der Waals surface area (Å²) in [6.45, 7) is 2.43. The number of nitrogens with one attached hydrogen (secondary N) is 1. The van der Waals surface area contributed by atoms with Crippen molar-refractivity contribution in [3.05, 3.63) is 35.4 Å². The van der Waals surface area contributed by atoms with Crippen molar-refractivity contribution in [1.29, 1.82) is 0 Å². The number of likely N-dealkylation sites (tertiary alicyclic amines) is 1. The number of carboxylic acid groups (broad SMARTS) is 1. The largest absolute Gasteiger partial charge is 0.478 e. The van der Waals surface area contributed by atoms with Crippen molar-refractivity contribution >= 4 is 17.8 Å². The molecule has 2 amide bonds. The van der Waals surface area contributed by atoms with Gasteiger partial charge in [0.2, 0.25) is 11.8 Å². The minimum absolute atomic E-state index is 0.0781. The van der Waals surface area contributed by atoms with E-state index in [1.807, 2.05) is 0 Å². The summed E-state index contributed by atoms with van der Waals surface area (Å²) in [7, 11) is 0. The van der Waals surface area contributed by atoms with Crippen molar-refractivity contribution in [1.82, 2.24) is 10.2 Å². The highest BCUT2D eigenvalue weighted by Crippen LogP contribution is 2.17. The molecule has 0 radical (unpaired) electrons. The van der Waals surface area contributed by atoms with E-state index in [1.54, 1.807) is 17.0 Å². The van der Waals surface area contributed by atoms with Gasteiger partial charge in [0.25, 0.3) is 0 Å².